The van der Waals surface area contributed by atoms with Gasteiger partial charge < -0.3 is 10.4 Å². The SMILES string of the molecule is C[C@@H](NCc1ccc(C(=O)O)s1)c1ccccc1Br. The molecular weight excluding hydrogens is 326 g/mol. The lowest BCUT2D eigenvalue weighted by Gasteiger charge is -2.15. The molecule has 0 fully saturated rings. The van der Waals surface area contributed by atoms with E-state index in [1.165, 1.54) is 16.9 Å². The van der Waals surface area contributed by atoms with Crippen LogP contribution in [0.25, 0.3) is 0 Å². The number of carbonyl (C=O) groups is 1. The minimum Gasteiger partial charge on any atom is -0.477 e. The molecule has 0 bridgehead atoms. The Morgan fingerprint density at radius 3 is 2.74 bits per heavy atom. The molecule has 100 valence electrons. The molecular formula is C14H14BrNO2S. The highest BCUT2D eigenvalue weighted by Crippen LogP contribution is 2.24. The summed E-state index contributed by atoms with van der Waals surface area (Å²) in [6.45, 7) is 2.76. The molecule has 0 saturated carbocycles. The number of carboxylic acid groups (broad SMARTS) is 1. The minimum absolute atomic E-state index is 0.200. The van der Waals surface area contributed by atoms with E-state index in [4.69, 9.17) is 5.11 Å². The van der Waals surface area contributed by atoms with Crippen LogP contribution >= 0.6 is 27.3 Å². The lowest BCUT2D eigenvalue weighted by molar-refractivity contribution is 0.0702. The number of hydrogen-bond donors (Lipinski definition) is 2. The first-order valence-corrected chi connectivity index (χ1v) is 7.48. The van der Waals surface area contributed by atoms with Crippen LogP contribution in [0.1, 0.15) is 33.1 Å². The highest BCUT2D eigenvalue weighted by molar-refractivity contribution is 9.10. The zero-order chi connectivity index (χ0) is 13.8. The van der Waals surface area contributed by atoms with Gasteiger partial charge in [-0.15, -0.1) is 11.3 Å². The Hall–Kier alpha value is -1.17. The van der Waals surface area contributed by atoms with Crippen molar-refractivity contribution >= 4 is 33.2 Å². The van der Waals surface area contributed by atoms with Crippen LogP contribution in [-0.2, 0) is 6.54 Å². The molecule has 0 aliphatic carbocycles. The molecule has 1 atom stereocenters. The van der Waals surface area contributed by atoms with Crippen LogP contribution in [0, 0.1) is 0 Å². The molecule has 0 radical (unpaired) electrons. The van der Waals surface area contributed by atoms with Gasteiger partial charge in [-0.25, -0.2) is 4.79 Å². The quantitative estimate of drug-likeness (QED) is 0.863. The Balaban J connectivity index is 1.98. The zero-order valence-electron chi connectivity index (χ0n) is 10.4. The van der Waals surface area contributed by atoms with Crippen LogP contribution in [0.5, 0.6) is 0 Å². The largest absolute Gasteiger partial charge is 0.477 e. The molecule has 0 spiro atoms. The van der Waals surface area contributed by atoms with Crippen LogP contribution in [-0.4, -0.2) is 11.1 Å². The minimum atomic E-state index is -0.866. The molecule has 0 amide bonds. The summed E-state index contributed by atoms with van der Waals surface area (Å²) >= 11 is 4.84. The third kappa shape index (κ3) is 3.65. The molecule has 0 aliphatic heterocycles. The van der Waals surface area contributed by atoms with Crippen molar-refractivity contribution in [1.82, 2.24) is 5.32 Å². The summed E-state index contributed by atoms with van der Waals surface area (Å²) in [6.07, 6.45) is 0. The van der Waals surface area contributed by atoms with Crippen LogP contribution in [0.2, 0.25) is 0 Å². The van der Waals surface area contributed by atoms with Gasteiger partial charge in [0.1, 0.15) is 4.88 Å². The Bertz CT molecular complexity index is 582. The molecule has 2 aromatic rings. The maximum Gasteiger partial charge on any atom is 0.345 e. The fourth-order valence-corrected chi connectivity index (χ4v) is 3.20. The van der Waals surface area contributed by atoms with Gasteiger partial charge in [-0.1, -0.05) is 34.1 Å². The van der Waals surface area contributed by atoms with Gasteiger partial charge in [-0.3, -0.25) is 0 Å². The first-order chi connectivity index (χ1) is 9.08. The van der Waals surface area contributed by atoms with Gasteiger partial charge in [0.15, 0.2) is 0 Å². The zero-order valence-corrected chi connectivity index (χ0v) is 12.8. The van der Waals surface area contributed by atoms with E-state index in [1.807, 2.05) is 24.3 Å². The standard InChI is InChI=1S/C14H14BrNO2S/c1-9(11-4-2-3-5-12(11)15)16-8-10-6-7-13(19-10)14(17)18/h2-7,9,16H,8H2,1H3,(H,17,18)/t9-/m1/s1. The van der Waals surface area contributed by atoms with Gasteiger partial charge in [0, 0.05) is 21.9 Å². The van der Waals surface area contributed by atoms with E-state index in [-0.39, 0.29) is 6.04 Å². The van der Waals surface area contributed by atoms with Crippen molar-refractivity contribution in [1.29, 1.82) is 0 Å². The van der Waals surface area contributed by atoms with Crippen LogP contribution in [0.3, 0.4) is 0 Å². The van der Waals surface area contributed by atoms with Gasteiger partial charge >= 0.3 is 5.97 Å². The summed E-state index contributed by atoms with van der Waals surface area (Å²) in [5, 5.41) is 12.3. The molecule has 2 N–H and O–H groups in total. The fraction of sp³-hybridized carbons (Fsp3) is 0.214. The molecule has 1 aromatic carbocycles. The van der Waals surface area contributed by atoms with Crippen molar-refractivity contribution in [3.8, 4) is 0 Å². The molecule has 2 rings (SSSR count). The number of thiophene rings is 1. The van der Waals surface area contributed by atoms with Gasteiger partial charge in [-0.05, 0) is 30.7 Å². The van der Waals surface area contributed by atoms with E-state index < -0.39 is 5.97 Å². The monoisotopic (exact) mass is 339 g/mol. The molecule has 5 heteroatoms. The topological polar surface area (TPSA) is 49.3 Å². The normalized spacial score (nSPS) is 12.3. The van der Waals surface area contributed by atoms with E-state index in [0.717, 1.165) is 9.35 Å². The van der Waals surface area contributed by atoms with Gasteiger partial charge in [0.2, 0.25) is 0 Å². The number of halogens is 1. The maximum atomic E-state index is 10.8. The Morgan fingerprint density at radius 2 is 2.11 bits per heavy atom. The summed E-state index contributed by atoms with van der Waals surface area (Å²) in [7, 11) is 0. The van der Waals surface area contributed by atoms with Crippen LogP contribution < -0.4 is 5.32 Å². The highest BCUT2D eigenvalue weighted by Gasteiger charge is 2.10. The van der Waals surface area contributed by atoms with Gasteiger partial charge in [0.25, 0.3) is 0 Å². The van der Waals surface area contributed by atoms with E-state index in [0.29, 0.717) is 11.4 Å². The lowest BCUT2D eigenvalue weighted by atomic mass is 10.1. The van der Waals surface area contributed by atoms with E-state index in [2.05, 4.69) is 34.2 Å². The van der Waals surface area contributed by atoms with Crippen molar-refractivity contribution in [3.05, 3.63) is 56.2 Å². The molecule has 19 heavy (non-hydrogen) atoms. The molecule has 0 saturated heterocycles. The summed E-state index contributed by atoms with van der Waals surface area (Å²) in [5.74, 6) is -0.866. The molecule has 0 unspecified atom stereocenters. The number of rotatable bonds is 5. The third-order valence-corrected chi connectivity index (χ3v) is 4.62. The number of benzene rings is 1. The number of carboxylic acids is 1. The van der Waals surface area contributed by atoms with E-state index in [9.17, 15) is 4.79 Å². The number of aromatic carboxylic acids is 1. The van der Waals surface area contributed by atoms with Crippen molar-refractivity contribution < 1.29 is 9.90 Å². The smallest absolute Gasteiger partial charge is 0.345 e. The lowest BCUT2D eigenvalue weighted by Crippen LogP contribution is -2.17. The van der Waals surface area contributed by atoms with Gasteiger partial charge in [0.05, 0.1) is 0 Å². The average Bonchev–Trinajstić information content (AvgIpc) is 2.85. The summed E-state index contributed by atoms with van der Waals surface area (Å²) < 4.78 is 1.08. The number of hydrogen-bond acceptors (Lipinski definition) is 3. The molecule has 1 heterocycles. The van der Waals surface area contributed by atoms with Crippen molar-refractivity contribution in [2.24, 2.45) is 0 Å². The molecule has 1 aromatic heterocycles. The van der Waals surface area contributed by atoms with Crippen molar-refractivity contribution in [3.63, 3.8) is 0 Å². The summed E-state index contributed by atoms with van der Waals surface area (Å²) in [5.41, 5.74) is 1.19. The second-order valence-corrected chi connectivity index (χ2v) is 6.22. The Kier molecular flexibility index (Phi) is 4.74. The highest BCUT2D eigenvalue weighted by atomic mass is 79.9. The third-order valence-electron chi connectivity index (χ3n) is 2.83. The Morgan fingerprint density at radius 1 is 1.37 bits per heavy atom. The predicted molar refractivity (Wildman–Crippen MR) is 80.7 cm³/mol. The van der Waals surface area contributed by atoms with Crippen molar-refractivity contribution in [2.75, 3.05) is 0 Å². The Labute approximate surface area is 124 Å². The predicted octanol–water partition coefficient (Wildman–Crippen LogP) is 4.06. The van der Waals surface area contributed by atoms with Crippen LogP contribution in [0.4, 0.5) is 0 Å². The number of nitrogens with one attached hydrogen (secondary N) is 1. The summed E-state index contributed by atoms with van der Waals surface area (Å²) in [6, 6.07) is 11.8. The first-order valence-electron chi connectivity index (χ1n) is 5.87. The molecule has 3 nitrogen and oxygen atoms in total. The van der Waals surface area contributed by atoms with Crippen LogP contribution in [0.15, 0.2) is 40.9 Å². The molecule has 0 aliphatic rings. The van der Waals surface area contributed by atoms with E-state index in [1.54, 1.807) is 6.07 Å². The maximum absolute atomic E-state index is 10.8. The second kappa shape index (κ2) is 6.32. The average molecular weight is 340 g/mol. The second-order valence-electron chi connectivity index (χ2n) is 4.20. The first kappa shape index (κ1) is 14.2. The summed E-state index contributed by atoms with van der Waals surface area (Å²) in [4.78, 5) is 12.2. The fourth-order valence-electron chi connectivity index (χ4n) is 1.78. The van der Waals surface area contributed by atoms with Gasteiger partial charge in [-0.2, -0.15) is 0 Å². The van der Waals surface area contributed by atoms with E-state index >= 15 is 0 Å². The van der Waals surface area contributed by atoms with Crippen molar-refractivity contribution in [2.45, 2.75) is 19.5 Å².